The zero-order valence-corrected chi connectivity index (χ0v) is 20.8. The van der Waals surface area contributed by atoms with Gasteiger partial charge >= 0.3 is 6.18 Å². The lowest BCUT2D eigenvalue weighted by molar-refractivity contribution is -0.183. The van der Waals surface area contributed by atoms with Crippen LogP contribution in [0.1, 0.15) is 44.9 Å². The highest BCUT2D eigenvalue weighted by molar-refractivity contribution is 5.53. The highest BCUT2D eigenvalue weighted by Crippen LogP contribution is 2.41. The van der Waals surface area contributed by atoms with Crippen molar-refractivity contribution < 1.29 is 27.5 Å². The van der Waals surface area contributed by atoms with Gasteiger partial charge in [-0.25, -0.2) is 9.97 Å². The Balaban J connectivity index is 0.00000176. The van der Waals surface area contributed by atoms with E-state index >= 15 is 4.39 Å². The Hall–Kier alpha value is -2.05. The maximum atomic E-state index is 15.4. The first-order valence-corrected chi connectivity index (χ1v) is 12.8. The summed E-state index contributed by atoms with van der Waals surface area (Å²) in [4.78, 5) is 22.7. The molecule has 12 heteroatoms. The molecule has 2 unspecified atom stereocenters. The summed E-state index contributed by atoms with van der Waals surface area (Å²) in [6, 6.07) is 0.154. The quantitative estimate of drug-likeness (QED) is 0.339. The summed E-state index contributed by atoms with van der Waals surface area (Å²) in [6.07, 6.45) is 1.06. The molecule has 0 aromatic carbocycles. The fourth-order valence-electron chi connectivity index (χ4n) is 5.21. The number of anilines is 2. The highest BCUT2D eigenvalue weighted by Gasteiger charge is 2.42. The van der Waals surface area contributed by atoms with E-state index in [1.807, 2.05) is 9.80 Å². The summed E-state index contributed by atoms with van der Waals surface area (Å²) >= 11 is 0. The number of aldehydes is 1. The van der Waals surface area contributed by atoms with Gasteiger partial charge in [0.25, 0.3) is 0 Å². The van der Waals surface area contributed by atoms with Crippen LogP contribution in [0.25, 0.3) is 0 Å². The van der Waals surface area contributed by atoms with Gasteiger partial charge in [0.05, 0.1) is 18.6 Å². The normalized spacial score (nSPS) is 27.1. The molecular weight excluding hydrogens is 480 g/mol. The predicted octanol–water partition coefficient (Wildman–Crippen LogP) is 2.82. The number of nitrogens with zero attached hydrogens (tertiary/aromatic N) is 4. The van der Waals surface area contributed by atoms with E-state index in [0.29, 0.717) is 45.4 Å². The van der Waals surface area contributed by atoms with Crippen LogP contribution in [0.4, 0.5) is 29.2 Å². The number of aliphatic hydroxyl groups excluding tert-OH is 1. The molecule has 8 nitrogen and oxygen atoms in total. The number of rotatable bonds is 9. The van der Waals surface area contributed by atoms with Gasteiger partial charge in [-0.2, -0.15) is 17.6 Å². The molecule has 2 saturated carbocycles. The van der Waals surface area contributed by atoms with Crippen LogP contribution in [-0.4, -0.2) is 84.4 Å². The van der Waals surface area contributed by atoms with Crippen molar-refractivity contribution in [2.45, 2.75) is 63.3 Å². The highest BCUT2D eigenvalue weighted by atomic mass is 19.4. The zero-order valence-electron chi connectivity index (χ0n) is 20.8. The standard InChI is InChI=1S/C23H33F4N5O2.CH5N/c24-20-21(28-11-16-7-8-31(9-10-33)13-19(16)34)29-14-30-22(20)32(18-5-6-18)12-15-1-3-17(4-2-15)23(25,26)27;1-2/h10,14-19,34H,1-9,11-13H2,(H,28,29,30);2H2,1H3. The third-order valence-electron chi connectivity index (χ3n) is 7.47. The first kappa shape index (κ1) is 28.5. The maximum Gasteiger partial charge on any atom is 0.391 e. The van der Waals surface area contributed by atoms with E-state index < -0.39 is 24.0 Å². The van der Waals surface area contributed by atoms with Crippen molar-refractivity contribution >= 4 is 17.9 Å². The molecule has 4 N–H and O–H groups in total. The van der Waals surface area contributed by atoms with E-state index in [-0.39, 0.29) is 48.9 Å². The number of piperidine rings is 1. The molecule has 0 amide bonds. The maximum absolute atomic E-state index is 15.4. The molecule has 1 aromatic rings. The van der Waals surface area contributed by atoms with E-state index in [1.54, 1.807) is 0 Å². The number of β-amino-alcohol motifs (C(OH)–C–C–N with tert-alkyl or cyclic N) is 1. The van der Waals surface area contributed by atoms with Gasteiger partial charge in [-0.05, 0) is 64.5 Å². The number of nitrogens with one attached hydrogen (secondary N) is 1. The number of carbonyl (C=O) groups excluding carboxylic acids is 1. The summed E-state index contributed by atoms with van der Waals surface area (Å²) in [5.74, 6) is -1.55. The molecule has 2 aliphatic carbocycles. The topological polar surface area (TPSA) is 108 Å². The largest absolute Gasteiger partial charge is 0.391 e. The molecule has 0 radical (unpaired) electrons. The molecule has 2 atom stereocenters. The van der Waals surface area contributed by atoms with Crippen LogP contribution in [0.15, 0.2) is 6.33 Å². The SMILES string of the molecule is CN.O=CCN1CCC(CNc2ncnc(N(CC3CCC(C(F)(F)F)CC3)C3CC3)c2F)C(O)C1. The third-order valence-corrected chi connectivity index (χ3v) is 7.47. The van der Waals surface area contributed by atoms with E-state index in [1.165, 1.54) is 13.4 Å². The number of halogens is 4. The number of nitrogens with two attached hydrogens (primary N) is 1. The number of hydrogen-bond acceptors (Lipinski definition) is 8. The number of carbonyl (C=O) groups is 1. The Morgan fingerprint density at radius 2 is 1.86 bits per heavy atom. The van der Waals surface area contributed by atoms with Crippen LogP contribution in [0.3, 0.4) is 0 Å². The first-order chi connectivity index (χ1) is 17.3. The Bertz CT molecular complexity index is 833. The average molecular weight is 519 g/mol. The second kappa shape index (κ2) is 13.0. The van der Waals surface area contributed by atoms with Gasteiger partial charge in [-0.3, -0.25) is 4.90 Å². The molecule has 3 fully saturated rings. The Morgan fingerprint density at radius 1 is 1.17 bits per heavy atom. The van der Waals surface area contributed by atoms with Crippen LogP contribution in [0.5, 0.6) is 0 Å². The van der Waals surface area contributed by atoms with Crippen molar-refractivity contribution in [2.75, 3.05) is 50.0 Å². The van der Waals surface area contributed by atoms with Crippen molar-refractivity contribution in [2.24, 2.45) is 23.5 Å². The lowest BCUT2D eigenvalue weighted by Gasteiger charge is -2.35. The fourth-order valence-corrected chi connectivity index (χ4v) is 5.21. The zero-order chi connectivity index (χ0) is 26.3. The van der Waals surface area contributed by atoms with E-state index in [0.717, 1.165) is 19.1 Å². The summed E-state index contributed by atoms with van der Waals surface area (Å²) < 4.78 is 54.4. The fraction of sp³-hybridized carbons (Fsp3) is 0.792. The molecule has 1 aliphatic heterocycles. The predicted molar refractivity (Wildman–Crippen MR) is 129 cm³/mol. The Morgan fingerprint density at radius 3 is 2.44 bits per heavy atom. The molecule has 36 heavy (non-hydrogen) atoms. The van der Waals surface area contributed by atoms with Crippen LogP contribution < -0.4 is 16.0 Å². The number of likely N-dealkylation sites (tertiary alicyclic amines) is 1. The lowest BCUT2D eigenvalue weighted by Crippen LogP contribution is -2.46. The van der Waals surface area contributed by atoms with Crippen LogP contribution in [-0.2, 0) is 4.79 Å². The van der Waals surface area contributed by atoms with Gasteiger partial charge in [0.15, 0.2) is 11.6 Å². The van der Waals surface area contributed by atoms with Gasteiger partial charge in [0.2, 0.25) is 5.82 Å². The monoisotopic (exact) mass is 518 g/mol. The molecule has 4 rings (SSSR count). The van der Waals surface area contributed by atoms with Gasteiger partial charge in [0, 0.05) is 31.6 Å². The minimum Gasteiger partial charge on any atom is -0.391 e. The van der Waals surface area contributed by atoms with Crippen molar-refractivity contribution in [3.63, 3.8) is 0 Å². The Labute approximate surface area is 209 Å². The number of aliphatic hydroxyl groups is 1. The van der Waals surface area contributed by atoms with Crippen molar-refractivity contribution in [3.05, 3.63) is 12.1 Å². The van der Waals surface area contributed by atoms with Gasteiger partial charge in [-0.15, -0.1) is 0 Å². The number of hydrogen-bond donors (Lipinski definition) is 3. The van der Waals surface area contributed by atoms with Crippen molar-refractivity contribution in [1.29, 1.82) is 0 Å². The van der Waals surface area contributed by atoms with Gasteiger partial charge in [0.1, 0.15) is 12.6 Å². The van der Waals surface area contributed by atoms with Crippen molar-refractivity contribution in [3.8, 4) is 0 Å². The van der Waals surface area contributed by atoms with Gasteiger partial charge in [-0.1, -0.05) is 0 Å². The molecule has 0 spiro atoms. The summed E-state index contributed by atoms with van der Waals surface area (Å²) in [6.45, 7) is 2.21. The molecule has 1 aromatic heterocycles. The first-order valence-electron chi connectivity index (χ1n) is 12.8. The number of aromatic nitrogens is 2. The molecule has 204 valence electrons. The van der Waals surface area contributed by atoms with Crippen LogP contribution in [0.2, 0.25) is 0 Å². The van der Waals surface area contributed by atoms with Gasteiger partial charge < -0.3 is 25.9 Å². The minimum absolute atomic E-state index is 0.0685. The second-order valence-corrected chi connectivity index (χ2v) is 9.93. The van der Waals surface area contributed by atoms with Crippen LogP contribution >= 0.6 is 0 Å². The second-order valence-electron chi connectivity index (χ2n) is 9.93. The number of alkyl halides is 3. The molecule has 1 saturated heterocycles. The molecule has 3 aliphatic rings. The summed E-state index contributed by atoms with van der Waals surface area (Å²) in [5, 5.41) is 13.4. The van der Waals surface area contributed by atoms with E-state index in [2.05, 4.69) is 21.0 Å². The van der Waals surface area contributed by atoms with Crippen molar-refractivity contribution in [1.82, 2.24) is 14.9 Å². The van der Waals surface area contributed by atoms with E-state index in [9.17, 15) is 23.1 Å². The molecular formula is C24H38F4N6O2. The summed E-state index contributed by atoms with van der Waals surface area (Å²) in [5.41, 5.74) is 4.50. The third kappa shape index (κ3) is 7.48. The van der Waals surface area contributed by atoms with E-state index in [4.69, 9.17) is 0 Å². The molecule has 0 bridgehead atoms. The van der Waals surface area contributed by atoms with Crippen LogP contribution in [0, 0.1) is 23.6 Å². The molecule has 2 heterocycles. The smallest absolute Gasteiger partial charge is 0.391 e. The Kier molecular flexibility index (Phi) is 10.3. The average Bonchev–Trinajstić information content (AvgIpc) is 3.70. The minimum atomic E-state index is -4.14. The lowest BCUT2D eigenvalue weighted by atomic mass is 9.81. The summed E-state index contributed by atoms with van der Waals surface area (Å²) in [7, 11) is 1.50.